The fraction of sp³-hybridized carbons (Fsp3) is 0.0909. The minimum Gasteiger partial charge on any atom is -0.354 e. The van der Waals surface area contributed by atoms with Gasteiger partial charge in [-0.05, 0) is 42.8 Å². The molecule has 0 saturated heterocycles. The topological polar surface area (TPSA) is 54.0 Å². The Balaban J connectivity index is 1.88. The lowest BCUT2D eigenvalue weighted by Crippen LogP contribution is -2.06. The van der Waals surface area contributed by atoms with Crippen molar-refractivity contribution in [2.45, 2.75) is 13.8 Å². The summed E-state index contributed by atoms with van der Waals surface area (Å²) in [4.78, 5) is 16.2. The summed E-state index contributed by atoms with van der Waals surface area (Å²) >= 11 is 0. The van der Waals surface area contributed by atoms with Gasteiger partial charge in [-0.25, -0.2) is 4.98 Å². The highest BCUT2D eigenvalue weighted by Crippen LogP contribution is 2.33. The second kappa shape index (κ2) is 6.48. The smallest absolute Gasteiger partial charge is 0.221 e. The average Bonchev–Trinajstić information content (AvgIpc) is 2.60. The number of hydrogen-bond donors (Lipinski definition) is 2. The Kier molecular flexibility index (Phi) is 4.01. The van der Waals surface area contributed by atoms with Gasteiger partial charge in [-0.15, -0.1) is 0 Å². The molecule has 128 valence electrons. The molecule has 4 aromatic rings. The Morgan fingerprint density at radius 1 is 0.846 bits per heavy atom. The zero-order valence-corrected chi connectivity index (χ0v) is 14.7. The number of benzene rings is 3. The number of anilines is 3. The van der Waals surface area contributed by atoms with Gasteiger partial charge in [0.15, 0.2) is 0 Å². The number of nitrogens with one attached hydrogen (secondary N) is 2. The van der Waals surface area contributed by atoms with Crippen molar-refractivity contribution < 1.29 is 4.79 Å². The highest BCUT2D eigenvalue weighted by atomic mass is 16.1. The molecule has 4 nitrogen and oxygen atoms in total. The van der Waals surface area contributed by atoms with E-state index >= 15 is 0 Å². The van der Waals surface area contributed by atoms with E-state index in [4.69, 9.17) is 4.98 Å². The summed E-state index contributed by atoms with van der Waals surface area (Å²) in [5.41, 5.74) is 5.69. The van der Waals surface area contributed by atoms with Crippen LogP contribution in [0.2, 0.25) is 0 Å². The van der Waals surface area contributed by atoms with E-state index in [0.717, 1.165) is 44.4 Å². The average molecular weight is 341 g/mol. The van der Waals surface area contributed by atoms with Crippen LogP contribution < -0.4 is 10.6 Å². The van der Waals surface area contributed by atoms with E-state index in [9.17, 15) is 4.79 Å². The molecule has 1 heterocycles. The summed E-state index contributed by atoms with van der Waals surface area (Å²) in [5, 5.41) is 8.54. The number of hydrogen-bond acceptors (Lipinski definition) is 3. The molecule has 26 heavy (non-hydrogen) atoms. The Labute approximate surface area is 151 Å². The molecule has 0 atom stereocenters. The molecule has 3 aromatic carbocycles. The van der Waals surface area contributed by atoms with Crippen LogP contribution in [0, 0.1) is 6.92 Å². The lowest BCUT2D eigenvalue weighted by atomic mass is 10.1. The lowest BCUT2D eigenvalue weighted by Gasteiger charge is -2.15. The number of aryl methyl sites for hydroxylation is 1. The highest BCUT2D eigenvalue weighted by Gasteiger charge is 2.10. The van der Waals surface area contributed by atoms with Crippen molar-refractivity contribution in [1.82, 2.24) is 4.98 Å². The zero-order valence-electron chi connectivity index (χ0n) is 14.7. The van der Waals surface area contributed by atoms with Crippen LogP contribution in [0.3, 0.4) is 0 Å². The Hall–Kier alpha value is -3.40. The van der Waals surface area contributed by atoms with E-state index in [-0.39, 0.29) is 5.91 Å². The minimum atomic E-state index is -0.0821. The van der Waals surface area contributed by atoms with Gasteiger partial charge < -0.3 is 10.6 Å². The molecule has 0 radical (unpaired) electrons. The number of carbonyl (C=O) groups excluding carboxylic acids is 1. The summed E-state index contributed by atoms with van der Waals surface area (Å²) in [6.07, 6.45) is 0. The fourth-order valence-electron chi connectivity index (χ4n) is 3.25. The standard InChI is InChI=1S/C22H19N3O/c1-14-11-16(23-15(2)26)13-17(12-14)24-22-18-7-3-5-9-20(18)25-21-10-6-4-8-19(21)22/h3-13H,1-2H3,(H,23,26)(H,24,25). The third-order valence-electron chi connectivity index (χ3n) is 4.25. The van der Waals surface area contributed by atoms with Gasteiger partial charge in [0.05, 0.1) is 16.7 Å². The van der Waals surface area contributed by atoms with Crippen LogP contribution >= 0.6 is 0 Å². The molecular weight excluding hydrogens is 322 g/mol. The monoisotopic (exact) mass is 341 g/mol. The van der Waals surface area contributed by atoms with Gasteiger partial charge >= 0.3 is 0 Å². The van der Waals surface area contributed by atoms with Crippen molar-refractivity contribution in [3.05, 3.63) is 72.3 Å². The van der Waals surface area contributed by atoms with Crippen molar-refractivity contribution in [3.63, 3.8) is 0 Å². The van der Waals surface area contributed by atoms with Gasteiger partial charge in [0.25, 0.3) is 0 Å². The van der Waals surface area contributed by atoms with Gasteiger partial charge in [-0.3, -0.25) is 4.79 Å². The Morgan fingerprint density at radius 3 is 2.04 bits per heavy atom. The third kappa shape index (κ3) is 3.09. The predicted molar refractivity (Wildman–Crippen MR) is 108 cm³/mol. The highest BCUT2D eigenvalue weighted by molar-refractivity contribution is 6.08. The molecule has 4 heteroatoms. The molecule has 0 unspecified atom stereocenters. The number of pyridine rings is 1. The fourth-order valence-corrected chi connectivity index (χ4v) is 3.25. The number of nitrogens with zero attached hydrogens (tertiary/aromatic N) is 1. The van der Waals surface area contributed by atoms with E-state index in [1.807, 2.05) is 55.5 Å². The van der Waals surface area contributed by atoms with Gasteiger partial charge in [0.1, 0.15) is 0 Å². The third-order valence-corrected chi connectivity index (χ3v) is 4.25. The summed E-state index contributed by atoms with van der Waals surface area (Å²) in [6, 6.07) is 22.2. The second-order valence-electron chi connectivity index (χ2n) is 6.42. The van der Waals surface area contributed by atoms with Crippen LogP contribution in [0.25, 0.3) is 21.8 Å². The maximum atomic E-state index is 11.4. The second-order valence-corrected chi connectivity index (χ2v) is 6.42. The summed E-state index contributed by atoms with van der Waals surface area (Å²) in [7, 11) is 0. The van der Waals surface area contributed by atoms with Gasteiger partial charge in [-0.2, -0.15) is 0 Å². The van der Waals surface area contributed by atoms with E-state index in [1.165, 1.54) is 6.92 Å². The molecule has 2 N–H and O–H groups in total. The molecule has 0 saturated carbocycles. The zero-order chi connectivity index (χ0) is 18.1. The molecule has 1 amide bonds. The number of carbonyl (C=O) groups is 1. The molecular formula is C22H19N3O. The first-order chi connectivity index (χ1) is 12.6. The number of fused-ring (bicyclic) bond motifs is 2. The number of rotatable bonds is 3. The first-order valence-electron chi connectivity index (χ1n) is 8.54. The molecule has 0 aliphatic heterocycles. The molecule has 4 rings (SSSR count). The molecule has 1 aromatic heterocycles. The van der Waals surface area contributed by atoms with Crippen LogP contribution in [0.15, 0.2) is 66.7 Å². The maximum Gasteiger partial charge on any atom is 0.221 e. The largest absolute Gasteiger partial charge is 0.354 e. The molecule has 0 aliphatic carbocycles. The Bertz CT molecular complexity index is 1080. The predicted octanol–water partition coefficient (Wildman–Crippen LogP) is 5.40. The van der Waals surface area contributed by atoms with E-state index < -0.39 is 0 Å². The Morgan fingerprint density at radius 2 is 1.42 bits per heavy atom. The quantitative estimate of drug-likeness (QED) is 0.491. The van der Waals surface area contributed by atoms with Crippen molar-refractivity contribution in [2.75, 3.05) is 10.6 Å². The molecule has 0 bridgehead atoms. The summed E-state index contributed by atoms with van der Waals surface area (Å²) in [5.74, 6) is -0.0821. The van der Waals surface area contributed by atoms with Crippen LogP contribution in [-0.4, -0.2) is 10.9 Å². The van der Waals surface area contributed by atoms with Crippen molar-refractivity contribution in [1.29, 1.82) is 0 Å². The van der Waals surface area contributed by atoms with Crippen molar-refractivity contribution in [2.24, 2.45) is 0 Å². The van der Waals surface area contributed by atoms with Crippen LogP contribution in [0.4, 0.5) is 17.1 Å². The molecule has 0 spiro atoms. The summed E-state index contributed by atoms with van der Waals surface area (Å²) in [6.45, 7) is 3.53. The SMILES string of the molecule is CC(=O)Nc1cc(C)cc(Nc2c3ccccc3nc3ccccc23)c1. The van der Waals surface area contributed by atoms with Crippen molar-refractivity contribution in [3.8, 4) is 0 Å². The van der Waals surface area contributed by atoms with Crippen LogP contribution in [-0.2, 0) is 4.79 Å². The number of amides is 1. The maximum absolute atomic E-state index is 11.4. The van der Waals surface area contributed by atoms with E-state index in [0.29, 0.717) is 0 Å². The first-order valence-corrected chi connectivity index (χ1v) is 8.54. The van der Waals surface area contributed by atoms with Crippen LogP contribution in [0.1, 0.15) is 12.5 Å². The molecule has 0 aliphatic rings. The van der Waals surface area contributed by atoms with E-state index in [2.05, 4.69) is 28.8 Å². The lowest BCUT2D eigenvalue weighted by molar-refractivity contribution is -0.114. The van der Waals surface area contributed by atoms with Gasteiger partial charge in [-0.1, -0.05) is 36.4 Å². The van der Waals surface area contributed by atoms with Gasteiger partial charge in [0, 0.05) is 29.1 Å². The normalized spacial score (nSPS) is 10.8. The first kappa shape index (κ1) is 16.1. The molecule has 0 fully saturated rings. The van der Waals surface area contributed by atoms with Crippen molar-refractivity contribution >= 4 is 44.8 Å². The van der Waals surface area contributed by atoms with Crippen LogP contribution in [0.5, 0.6) is 0 Å². The number of para-hydroxylation sites is 2. The summed E-state index contributed by atoms with van der Waals surface area (Å²) < 4.78 is 0. The minimum absolute atomic E-state index is 0.0821. The number of aromatic nitrogens is 1. The van der Waals surface area contributed by atoms with E-state index in [1.54, 1.807) is 0 Å². The van der Waals surface area contributed by atoms with Gasteiger partial charge in [0.2, 0.25) is 5.91 Å².